The monoisotopic (exact) mass is 229 g/mol. The Kier molecular flexibility index (Phi) is 5.06. The van der Waals surface area contributed by atoms with Crippen LogP contribution in [0.2, 0.25) is 5.02 Å². The van der Waals surface area contributed by atoms with Crippen molar-refractivity contribution < 1.29 is 4.39 Å². The molecule has 0 radical (unpaired) electrons. The third-order valence-corrected chi connectivity index (χ3v) is 2.86. The van der Waals surface area contributed by atoms with E-state index in [1.807, 2.05) is 7.05 Å². The van der Waals surface area contributed by atoms with Crippen molar-refractivity contribution in [3.8, 4) is 0 Å². The highest BCUT2D eigenvalue weighted by Gasteiger charge is 2.10. The van der Waals surface area contributed by atoms with Crippen LogP contribution in [0.25, 0.3) is 0 Å². The molecule has 0 aliphatic heterocycles. The van der Waals surface area contributed by atoms with Crippen LogP contribution in [-0.2, 0) is 6.42 Å². The predicted octanol–water partition coefficient (Wildman–Crippen LogP) is 3.27. The summed E-state index contributed by atoms with van der Waals surface area (Å²) in [5.74, 6) is 0.241. The zero-order valence-corrected chi connectivity index (χ0v) is 9.94. The number of hydrogen-bond acceptors (Lipinski definition) is 1. The second-order valence-corrected chi connectivity index (χ2v) is 4.31. The fraction of sp³-hybridized carbons (Fsp3) is 0.500. The highest BCUT2D eigenvalue weighted by molar-refractivity contribution is 6.31. The minimum absolute atomic E-state index is 0.196. The standard InChI is InChI=1S/C12H17ClFN/c1-9(6-7-15-2)8-10-11(13)4-3-5-12(10)14/h3-5,9,15H,6-8H2,1-2H3. The van der Waals surface area contributed by atoms with Crippen molar-refractivity contribution in [1.82, 2.24) is 5.32 Å². The van der Waals surface area contributed by atoms with Gasteiger partial charge in [0.1, 0.15) is 5.82 Å². The highest BCUT2D eigenvalue weighted by atomic mass is 35.5. The van der Waals surface area contributed by atoms with Gasteiger partial charge in [0.05, 0.1) is 0 Å². The van der Waals surface area contributed by atoms with Gasteiger partial charge in [-0.3, -0.25) is 0 Å². The molecule has 0 amide bonds. The SMILES string of the molecule is CNCCC(C)Cc1c(F)cccc1Cl. The molecular weight excluding hydrogens is 213 g/mol. The van der Waals surface area contributed by atoms with E-state index in [9.17, 15) is 4.39 Å². The Morgan fingerprint density at radius 2 is 2.20 bits per heavy atom. The summed E-state index contributed by atoms with van der Waals surface area (Å²) < 4.78 is 13.4. The van der Waals surface area contributed by atoms with Crippen LogP contribution >= 0.6 is 11.6 Å². The van der Waals surface area contributed by atoms with Crippen molar-refractivity contribution in [3.63, 3.8) is 0 Å². The number of rotatable bonds is 5. The molecule has 0 bridgehead atoms. The van der Waals surface area contributed by atoms with Crippen LogP contribution in [0.1, 0.15) is 18.9 Å². The zero-order valence-electron chi connectivity index (χ0n) is 9.19. The van der Waals surface area contributed by atoms with Crippen LogP contribution in [0.3, 0.4) is 0 Å². The fourth-order valence-corrected chi connectivity index (χ4v) is 1.81. The quantitative estimate of drug-likeness (QED) is 0.817. The van der Waals surface area contributed by atoms with Crippen LogP contribution in [0.5, 0.6) is 0 Å². The molecule has 0 aliphatic carbocycles. The molecule has 0 saturated carbocycles. The first kappa shape index (κ1) is 12.5. The molecule has 0 heterocycles. The fourth-order valence-electron chi connectivity index (χ4n) is 1.57. The van der Waals surface area contributed by atoms with E-state index in [0.717, 1.165) is 13.0 Å². The van der Waals surface area contributed by atoms with E-state index >= 15 is 0 Å². The first-order chi connectivity index (χ1) is 7.15. The topological polar surface area (TPSA) is 12.0 Å². The van der Waals surface area contributed by atoms with E-state index in [2.05, 4.69) is 12.2 Å². The average molecular weight is 230 g/mol. The molecule has 0 spiro atoms. The Balaban J connectivity index is 2.63. The van der Waals surface area contributed by atoms with Crippen molar-refractivity contribution in [3.05, 3.63) is 34.6 Å². The normalized spacial score (nSPS) is 12.8. The van der Waals surface area contributed by atoms with Crippen molar-refractivity contribution in [1.29, 1.82) is 0 Å². The van der Waals surface area contributed by atoms with E-state index in [-0.39, 0.29) is 5.82 Å². The van der Waals surface area contributed by atoms with Gasteiger partial charge >= 0.3 is 0 Å². The van der Waals surface area contributed by atoms with Gasteiger partial charge in [-0.1, -0.05) is 24.6 Å². The van der Waals surface area contributed by atoms with Crippen LogP contribution in [-0.4, -0.2) is 13.6 Å². The zero-order chi connectivity index (χ0) is 11.3. The van der Waals surface area contributed by atoms with Gasteiger partial charge in [-0.05, 0) is 44.5 Å². The molecule has 0 fully saturated rings. The number of nitrogens with one attached hydrogen (secondary N) is 1. The summed E-state index contributed by atoms with van der Waals surface area (Å²) in [5, 5.41) is 3.62. The van der Waals surface area contributed by atoms with Crippen LogP contribution in [0.4, 0.5) is 4.39 Å². The lowest BCUT2D eigenvalue weighted by molar-refractivity contribution is 0.499. The summed E-state index contributed by atoms with van der Waals surface area (Å²) in [7, 11) is 1.92. The maximum atomic E-state index is 13.4. The molecule has 0 aliphatic rings. The van der Waals surface area contributed by atoms with Crippen molar-refractivity contribution >= 4 is 11.6 Å². The molecule has 15 heavy (non-hydrogen) atoms. The van der Waals surface area contributed by atoms with E-state index < -0.39 is 0 Å². The van der Waals surface area contributed by atoms with E-state index in [1.165, 1.54) is 6.07 Å². The van der Waals surface area contributed by atoms with Gasteiger partial charge in [0.25, 0.3) is 0 Å². The largest absolute Gasteiger partial charge is 0.320 e. The van der Waals surface area contributed by atoms with Gasteiger partial charge in [-0.25, -0.2) is 4.39 Å². The molecule has 1 atom stereocenters. The Morgan fingerprint density at radius 3 is 2.80 bits per heavy atom. The van der Waals surface area contributed by atoms with Gasteiger partial charge < -0.3 is 5.32 Å². The molecule has 1 N–H and O–H groups in total. The first-order valence-electron chi connectivity index (χ1n) is 5.22. The van der Waals surface area contributed by atoms with Crippen LogP contribution < -0.4 is 5.32 Å². The summed E-state index contributed by atoms with van der Waals surface area (Å²) in [6, 6.07) is 4.84. The summed E-state index contributed by atoms with van der Waals surface area (Å²) in [6.07, 6.45) is 1.73. The second kappa shape index (κ2) is 6.09. The minimum Gasteiger partial charge on any atom is -0.320 e. The molecular formula is C12H17ClFN. The molecule has 3 heteroatoms. The molecule has 1 nitrogen and oxygen atoms in total. The number of hydrogen-bond donors (Lipinski definition) is 1. The Bertz CT molecular complexity index is 294. The van der Waals surface area contributed by atoms with E-state index in [0.29, 0.717) is 22.9 Å². The predicted molar refractivity (Wildman–Crippen MR) is 62.8 cm³/mol. The van der Waals surface area contributed by atoms with Crippen LogP contribution in [0, 0.1) is 11.7 Å². The highest BCUT2D eigenvalue weighted by Crippen LogP contribution is 2.23. The molecule has 0 saturated heterocycles. The maximum absolute atomic E-state index is 13.4. The molecule has 1 unspecified atom stereocenters. The minimum atomic E-state index is -0.196. The summed E-state index contributed by atoms with van der Waals surface area (Å²) >= 11 is 5.95. The second-order valence-electron chi connectivity index (χ2n) is 3.90. The first-order valence-corrected chi connectivity index (χ1v) is 5.60. The number of halogens is 2. The van der Waals surface area contributed by atoms with Crippen LogP contribution in [0.15, 0.2) is 18.2 Å². The van der Waals surface area contributed by atoms with E-state index in [4.69, 9.17) is 11.6 Å². The third kappa shape index (κ3) is 3.80. The Labute approximate surface area is 95.6 Å². The molecule has 1 rings (SSSR count). The summed E-state index contributed by atoms with van der Waals surface area (Å²) in [6.45, 7) is 3.06. The maximum Gasteiger partial charge on any atom is 0.127 e. The molecule has 1 aromatic rings. The van der Waals surface area contributed by atoms with Crippen molar-refractivity contribution in [2.45, 2.75) is 19.8 Å². The lowest BCUT2D eigenvalue weighted by Crippen LogP contribution is -2.13. The molecule has 1 aromatic carbocycles. The number of benzene rings is 1. The third-order valence-electron chi connectivity index (χ3n) is 2.50. The molecule has 84 valence electrons. The lowest BCUT2D eigenvalue weighted by Gasteiger charge is -2.12. The summed E-state index contributed by atoms with van der Waals surface area (Å²) in [4.78, 5) is 0. The van der Waals surface area contributed by atoms with Gasteiger partial charge in [-0.15, -0.1) is 0 Å². The Hall–Kier alpha value is -0.600. The van der Waals surface area contributed by atoms with Gasteiger partial charge in [-0.2, -0.15) is 0 Å². The Morgan fingerprint density at radius 1 is 1.47 bits per heavy atom. The van der Waals surface area contributed by atoms with Crippen molar-refractivity contribution in [2.24, 2.45) is 5.92 Å². The average Bonchev–Trinajstić information content (AvgIpc) is 2.21. The lowest BCUT2D eigenvalue weighted by atomic mass is 9.98. The van der Waals surface area contributed by atoms with E-state index in [1.54, 1.807) is 12.1 Å². The smallest absolute Gasteiger partial charge is 0.127 e. The van der Waals surface area contributed by atoms with Gasteiger partial charge in [0.2, 0.25) is 0 Å². The molecule has 0 aromatic heterocycles. The summed E-state index contributed by atoms with van der Waals surface area (Å²) in [5.41, 5.74) is 0.641. The van der Waals surface area contributed by atoms with Gasteiger partial charge in [0.15, 0.2) is 0 Å². The van der Waals surface area contributed by atoms with Crippen molar-refractivity contribution in [2.75, 3.05) is 13.6 Å². The van der Waals surface area contributed by atoms with Gasteiger partial charge in [0, 0.05) is 10.6 Å².